The van der Waals surface area contributed by atoms with E-state index in [1.54, 1.807) is 24.7 Å². The highest BCUT2D eigenvalue weighted by atomic mass is 16.2. The van der Waals surface area contributed by atoms with E-state index in [0.29, 0.717) is 16.8 Å². The molecule has 4 aromatic rings. The van der Waals surface area contributed by atoms with E-state index >= 15 is 0 Å². The number of benzene rings is 1. The van der Waals surface area contributed by atoms with Gasteiger partial charge in [0.2, 0.25) is 11.8 Å². The van der Waals surface area contributed by atoms with E-state index in [-0.39, 0.29) is 24.7 Å². The molecule has 1 saturated heterocycles. The number of amides is 3. The summed E-state index contributed by atoms with van der Waals surface area (Å²) in [6.07, 6.45) is 7.62. The highest BCUT2D eigenvalue weighted by Crippen LogP contribution is 2.43. The third kappa shape index (κ3) is 2.48. The fourth-order valence-corrected chi connectivity index (χ4v) is 4.70. The molecular formula is C23H18N6O3. The predicted octanol–water partition coefficient (Wildman–Crippen LogP) is 2.64. The molecule has 3 amide bonds. The fourth-order valence-electron chi connectivity index (χ4n) is 4.70. The molecule has 32 heavy (non-hydrogen) atoms. The van der Waals surface area contributed by atoms with Gasteiger partial charge in [-0.3, -0.25) is 29.6 Å². The van der Waals surface area contributed by atoms with Gasteiger partial charge in [-0.25, -0.2) is 4.98 Å². The zero-order valence-corrected chi connectivity index (χ0v) is 17.1. The normalized spacial score (nSPS) is 18.0. The highest BCUT2D eigenvalue weighted by molar-refractivity contribution is 6.27. The van der Waals surface area contributed by atoms with Gasteiger partial charge in [0.15, 0.2) is 0 Å². The molecule has 2 N–H and O–H groups in total. The molecule has 0 radical (unpaired) electrons. The lowest BCUT2D eigenvalue weighted by Crippen LogP contribution is -2.53. The summed E-state index contributed by atoms with van der Waals surface area (Å²) >= 11 is 0. The van der Waals surface area contributed by atoms with Crippen molar-refractivity contribution >= 4 is 56.6 Å². The molecule has 1 fully saturated rings. The van der Waals surface area contributed by atoms with Crippen molar-refractivity contribution in [2.24, 2.45) is 0 Å². The minimum Gasteiger partial charge on any atom is -0.358 e. The first-order valence-corrected chi connectivity index (χ1v) is 10.3. The number of hydrogen-bond acceptors (Lipinski definition) is 6. The second-order valence-electron chi connectivity index (χ2n) is 7.99. The third-order valence-electron chi connectivity index (χ3n) is 6.26. The minimum absolute atomic E-state index is 0.190. The lowest BCUT2D eigenvalue weighted by Gasteiger charge is -2.29. The minimum atomic E-state index is -0.756. The monoisotopic (exact) mass is 426 g/mol. The number of aromatic amines is 1. The maximum atomic E-state index is 13.3. The van der Waals surface area contributed by atoms with E-state index in [0.717, 1.165) is 27.7 Å². The van der Waals surface area contributed by atoms with Crippen LogP contribution in [0, 0.1) is 0 Å². The summed E-state index contributed by atoms with van der Waals surface area (Å²) in [6, 6.07) is 6.73. The SMILES string of the molecule is CN(c1c[nH]c2cnccc12)c1cnc2c3c(cccc13)C(=O)N2C1CCC(=O)NC1=O. The maximum Gasteiger partial charge on any atom is 0.260 e. The van der Waals surface area contributed by atoms with Crippen molar-refractivity contribution < 1.29 is 14.4 Å². The second-order valence-corrected chi connectivity index (χ2v) is 7.99. The summed E-state index contributed by atoms with van der Waals surface area (Å²) in [5.74, 6) is -0.605. The largest absolute Gasteiger partial charge is 0.358 e. The number of carbonyl (C=O) groups is 3. The van der Waals surface area contributed by atoms with Gasteiger partial charge in [-0.2, -0.15) is 0 Å². The summed E-state index contributed by atoms with van der Waals surface area (Å²) < 4.78 is 0. The van der Waals surface area contributed by atoms with Crippen molar-refractivity contribution in [2.75, 3.05) is 16.8 Å². The van der Waals surface area contributed by atoms with E-state index in [2.05, 4.69) is 20.3 Å². The van der Waals surface area contributed by atoms with Gasteiger partial charge in [-0.1, -0.05) is 12.1 Å². The Labute approximate surface area is 182 Å². The van der Waals surface area contributed by atoms with E-state index in [9.17, 15) is 14.4 Å². The van der Waals surface area contributed by atoms with Gasteiger partial charge in [0.1, 0.15) is 11.9 Å². The third-order valence-corrected chi connectivity index (χ3v) is 6.26. The van der Waals surface area contributed by atoms with Crippen LogP contribution in [0.5, 0.6) is 0 Å². The summed E-state index contributed by atoms with van der Waals surface area (Å²) in [7, 11) is 1.95. The van der Waals surface area contributed by atoms with Crippen LogP contribution in [0.3, 0.4) is 0 Å². The summed E-state index contributed by atoms with van der Waals surface area (Å²) in [6.45, 7) is 0. The Morgan fingerprint density at radius 1 is 1.09 bits per heavy atom. The maximum absolute atomic E-state index is 13.3. The van der Waals surface area contributed by atoms with Crippen LogP contribution in [0.25, 0.3) is 21.7 Å². The van der Waals surface area contributed by atoms with Gasteiger partial charge >= 0.3 is 0 Å². The average Bonchev–Trinajstić information content (AvgIpc) is 3.35. The lowest BCUT2D eigenvalue weighted by molar-refractivity contribution is -0.134. The zero-order valence-electron chi connectivity index (χ0n) is 17.1. The zero-order chi connectivity index (χ0) is 22.0. The number of piperidine rings is 1. The van der Waals surface area contributed by atoms with Crippen molar-refractivity contribution in [1.29, 1.82) is 0 Å². The van der Waals surface area contributed by atoms with Gasteiger partial charge < -0.3 is 9.88 Å². The summed E-state index contributed by atoms with van der Waals surface area (Å²) in [5, 5.41) is 4.93. The molecule has 1 atom stereocenters. The fraction of sp³-hybridized carbons (Fsp3) is 0.174. The molecular weight excluding hydrogens is 408 g/mol. The molecule has 0 bridgehead atoms. The van der Waals surface area contributed by atoms with Gasteiger partial charge in [-0.15, -0.1) is 0 Å². The molecule has 3 aromatic heterocycles. The first-order chi connectivity index (χ1) is 15.5. The number of imide groups is 1. The first kappa shape index (κ1) is 18.5. The number of pyridine rings is 2. The molecule has 1 unspecified atom stereocenters. The second kappa shape index (κ2) is 6.61. The van der Waals surface area contributed by atoms with Gasteiger partial charge in [0.05, 0.1) is 34.8 Å². The molecule has 2 aliphatic heterocycles. The molecule has 2 aliphatic rings. The summed E-state index contributed by atoms with van der Waals surface area (Å²) in [4.78, 5) is 52.8. The van der Waals surface area contributed by atoms with Crippen molar-refractivity contribution in [3.05, 3.63) is 54.6 Å². The van der Waals surface area contributed by atoms with Crippen LogP contribution in [0.1, 0.15) is 23.2 Å². The number of carbonyl (C=O) groups excluding carboxylic acids is 3. The first-order valence-electron chi connectivity index (χ1n) is 10.3. The Balaban J connectivity index is 1.49. The number of aromatic nitrogens is 3. The van der Waals surface area contributed by atoms with Crippen LogP contribution in [0.2, 0.25) is 0 Å². The van der Waals surface area contributed by atoms with Gasteiger partial charge in [0.25, 0.3) is 5.91 Å². The molecule has 9 nitrogen and oxygen atoms in total. The number of nitrogens with one attached hydrogen (secondary N) is 2. The van der Waals surface area contributed by atoms with Gasteiger partial charge in [0, 0.05) is 42.0 Å². The van der Waals surface area contributed by atoms with Crippen LogP contribution in [-0.2, 0) is 9.59 Å². The Hall–Kier alpha value is -4.27. The molecule has 6 rings (SSSR count). The average molecular weight is 426 g/mol. The molecule has 158 valence electrons. The number of H-pyrrole nitrogens is 1. The molecule has 5 heterocycles. The van der Waals surface area contributed by atoms with E-state index in [4.69, 9.17) is 0 Å². The molecule has 0 aliphatic carbocycles. The molecule has 1 aromatic carbocycles. The Kier molecular flexibility index (Phi) is 3.82. The van der Waals surface area contributed by atoms with E-state index in [1.165, 1.54) is 4.90 Å². The standard InChI is InChI=1S/C23H18N6O3/c1-28(17-10-25-15-9-24-8-7-12(15)17)18-11-26-21-20-13(18)3-2-4-14(20)23(32)29(21)16-5-6-19(30)27-22(16)31/h2-4,7-11,16,25H,5-6H2,1H3,(H,27,30,31). The summed E-state index contributed by atoms with van der Waals surface area (Å²) in [5.41, 5.74) is 3.22. The van der Waals surface area contributed by atoms with Crippen LogP contribution < -0.4 is 15.1 Å². The van der Waals surface area contributed by atoms with Crippen LogP contribution in [0.15, 0.2) is 49.1 Å². The number of hydrogen-bond donors (Lipinski definition) is 2. The number of rotatable bonds is 3. The number of anilines is 3. The quantitative estimate of drug-likeness (QED) is 0.487. The number of fused-ring (bicyclic) bond motifs is 1. The Morgan fingerprint density at radius 3 is 2.81 bits per heavy atom. The topological polar surface area (TPSA) is 111 Å². The number of nitrogens with zero attached hydrogens (tertiary/aromatic N) is 4. The lowest BCUT2D eigenvalue weighted by atomic mass is 10.0. The molecule has 0 spiro atoms. The Bertz CT molecular complexity index is 1460. The highest BCUT2D eigenvalue weighted by Gasteiger charge is 2.42. The predicted molar refractivity (Wildman–Crippen MR) is 119 cm³/mol. The van der Waals surface area contributed by atoms with E-state index < -0.39 is 11.9 Å². The Morgan fingerprint density at radius 2 is 1.97 bits per heavy atom. The molecule has 0 saturated carbocycles. The van der Waals surface area contributed by atoms with E-state index in [1.807, 2.05) is 36.3 Å². The van der Waals surface area contributed by atoms with Crippen molar-refractivity contribution in [3.63, 3.8) is 0 Å². The van der Waals surface area contributed by atoms with Crippen LogP contribution >= 0.6 is 0 Å². The van der Waals surface area contributed by atoms with Crippen molar-refractivity contribution in [1.82, 2.24) is 20.3 Å². The van der Waals surface area contributed by atoms with Crippen LogP contribution in [-0.4, -0.2) is 45.8 Å². The van der Waals surface area contributed by atoms with Crippen LogP contribution in [0.4, 0.5) is 17.2 Å². The molecule has 9 heteroatoms. The van der Waals surface area contributed by atoms with Gasteiger partial charge in [-0.05, 0) is 18.6 Å². The van der Waals surface area contributed by atoms with Crippen molar-refractivity contribution in [2.45, 2.75) is 18.9 Å². The smallest absolute Gasteiger partial charge is 0.260 e. The van der Waals surface area contributed by atoms with Crippen molar-refractivity contribution in [3.8, 4) is 0 Å².